The summed E-state index contributed by atoms with van der Waals surface area (Å²) in [6, 6.07) is 27.1. The van der Waals surface area contributed by atoms with Crippen LogP contribution in [0.3, 0.4) is 0 Å². The van der Waals surface area contributed by atoms with Gasteiger partial charge in [-0.25, -0.2) is 0 Å². The van der Waals surface area contributed by atoms with E-state index in [0.29, 0.717) is 18.5 Å². The van der Waals surface area contributed by atoms with Crippen LogP contribution < -0.4 is 0 Å². The third-order valence-electron chi connectivity index (χ3n) is 5.08. The first kappa shape index (κ1) is 26.0. The van der Waals surface area contributed by atoms with Gasteiger partial charge in [-0.1, -0.05) is 18.2 Å². The second-order valence-corrected chi connectivity index (χ2v) is 7.13. The molecule has 164 valence electrons. The van der Waals surface area contributed by atoms with Crippen molar-refractivity contribution in [2.24, 2.45) is 0 Å². The first-order valence-electron chi connectivity index (χ1n) is 9.99. The molecule has 0 radical (unpaired) electrons. The molecule has 0 aliphatic carbocycles. The third kappa shape index (κ3) is 5.97. The summed E-state index contributed by atoms with van der Waals surface area (Å²) in [6.45, 7) is 16.9. The molecule has 1 aliphatic heterocycles. The number of hydrogen-bond acceptors (Lipinski definition) is 5. The van der Waals surface area contributed by atoms with Gasteiger partial charge in [0.1, 0.15) is 0 Å². The molecule has 0 N–H and O–H groups in total. The molecule has 5 rings (SSSR count). The summed E-state index contributed by atoms with van der Waals surface area (Å²) in [6.07, 6.45) is 1.36. The maximum Gasteiger partial charge on any atom is 3.00 e. The van der Waals surface area contributed by atoms with Crippen LogP contribution in [0, 0.1) is 36.3 Å². The largest absolute Gasteiger partial charge is 3.00 e. The maximum absolute atomic E-state index is 7.38. The van der Waals surface area contributed by atoms with E-state index in [0.717, 1.165) is 39.7 Å². The van der Waals surface area contributed by atoms with Crippen LogP contribution in [0.4, 0.5) is 5.69 Å². The molecule has 0 saturated carbocycles. The van der Waals surface area contributed by atoms with E-state index < -0.39 is 0 Å². The van der Waals surface area contributed by atoms with Crippen LogP contribution in [0.2, 0.25) is 0 Å². The van der Waals surface area contributed by atoms with Gasteiger partial charge in [-0.15, -0.1) is 0 Å². The number of nitrogens with zero attached hydrogens (tertiary/aromatic N) is 6. The summed E-state index contributed by atoms with van der Waals surface area (Å²) in [4.78, 5) is 18.3. The Balaban J connectivity index is 0.000000777. The van der Waals surface area contributed by atoms with Crippen LogP contribution in [-0.2, 0) is 32.9 Å². The molecule has 6 bridgehead atoms. The fourth-order valence-electron chi connectivity index (χ4n) is 3.79. The molecule has 0 amide bonds. The average molecular weight is 618 g/mol. The van der Waals surface area contributed by atoms with E-state index in [9.17, 15) is 0 Å². The number of rotatable bonds is 1. The van der Waals surface area contributed by atoms with E-state index in [4.69, 9.17) is 45.2 Å². The molecule has 1 aromatic carbocycles. The normalized spacial score (nSPS) is 11.3. The average Bonchev–Trinajstić information content (AvgIpc) is 2.87. The Bertz CT molecular complexity index is 1270. The molecule has 0 fully saturated rings. The van der Waals surface area contributed by atoms with Crippen molar-refractivity contribution < 1.29 is 20.1 Å². The minimum Gasteiger partial charge on any atom is -0.512 e. The van der Waals surface area contributed by atoms with Crippen LogP contribution >= 0.6 is 0 Å². The number of aromatic nitrogens is 3. The van der Waals surface area contributed by atoms with Crippen molar-refractivity contribution in [2.75, 3.05) is 0 Å². The molecular formula is C27H17IrN6. The number of pyridine rings is 3. The van der Waals surface area contributed by atoms with Gasteiger partial charge < -0.3 is 23.7 Å². The molecule has 0 atom stereocenters. The van der Waals surface area contributed by atoms with Crippen LogP contribution in [0.15, 0.2) is 72.8 Å². The van der Waals surface area contributed by atoms with Crippen molar-refractivity contribution in [1.29, 1.82) is 10.5 Å². The molecule has 0 spiro atoms. The minimum absolute atomic E-state index is 0. The van der Waals surface area contributed by atoms with Gasteiger partial charge in [-0.2, -0.15) is 29.8 Å². The van der Waals surface area contributed by atoms with Crippen LogP contribution in [-0.4, -0.2) is 15.0 Å². The Morgan fingerprint density at radius 2 is 1.21 bits per heavy atom. The zero-order valence-corrected chi connectivity index (χ0v) is 20.3. The Morgan fingerprint density at radius 3 is 1.71 bits per heavy atom. The van der Waals surface area contributed by atoms with Crippen molar-refractivity contribution in [3.8, 4) is 0 Å². The van der Waals surface area contributed by atoms with E-state index in [1.54, 1.807) is 12.1 Å². The van der Waals surface area contributed by atoms with Crippen molar-refractivity contribution in [2.45, 2.75) is 18.8 Å². The predicted molar refractivity (Wildman–Crippen MR) is 121 cm³/mol. The number of hydrogen-bond donors (Lipinski definition) is 0. The van der Waals surface area contributed by atoms with Crippen molar-refractivity contribution in [1.82, 2.24) is 15.0 Å². The monoisotopic (exact) mass is 618 g/mol. The van der Waals surface area contributed by atoms with Gasteiger partial charge in [-0.3, -0.25) is 19.8 Å². The molecule has 4 aromatic rings. The second kappa shape index (κ2) is 12.7. The smallest absolute Gasteiger partial charge is 0.512 e. The topological polar surface area (TPSA) is 90.6 Å². The van der Waals surface area contributed by atoms with Gasteiger partial charge in [0.05, 0.1) is 23.6 Å². The molecule has 34 heavy (non-hydrogen) atoms. The van der Waals surface area contributed by atoms with Crippen LogP contribution in [0.5, 0.6) is 0 Å². The summed E-state index contributed by atoms with van der Waals surface area (Å²) in [5.41, 5.74) is 7.25. The number of benzene rings is 1. The van der Waals surface area contributed by atoms with Crippen molar-refractivity contribution in [3.05, 3.63) is 143 Å². The van der Waals surface area contributed by atoms with Gasteiger partial charge >= 0.3 is 20.1 Å². The summed E-state index contributed by atoms with van der Waals surface area (Å²) in [5, 5.41) is 12.5. The molecule has 3 aromatic heterocycles. The quantitative estimate of drug-likeness (QED) is 0.245. The predicted octanol–water partition coefficient (Wildman–Crippen LogP) is 5.09. The van der Waals surface area contributed by atoms with Gasteiger partial charge in [-0.05, 0) is 36.4 Å². The maximum atomic E-state index is 7.38. The van der Waals surface area contributed by atoms with Crippen molar-refractivity contribution >= 4 is 5.69 Å². The number of fused-ring (bicyclic) bond motifs is 6. The molecule has 4 heterocycles. The molecule has 6 nitrogen and oxygen atoms in total. The van der Waals surface area contributed by atoms with Gasteiger partial charge in [0.25, 0.3) is 0 Å². The fraction of sp³-hybridized carbons (Fsp3) is 0.111. The second-order valence-electron chi connectivity index (χ2n) is 7.13. The first-order valence-corrected chi connectivity index (χ1v) is 9.99. The van der Waals surface area contributed by atoms with E-state index in [1.807, 2.05) is 60.7 Å². The zero-order valence-electron chi connectivity index (χ0n) is 17.9. The summed E-state index contributed by atoms with van der Waals surface area (Å²) in [5.74, 6) is -0.178. The molecule has 1 aliphatic rings. The van der Waals surface area contributed by atoms with Crippen molar-refractivity contribution in [3.63, 3.8) is 0 Å². The van der Waals surface area contributed by atoms with Crippen LogP contribution in [0.1, 0.15) is 45.6 Å². The Hall–Kier alpha value is -4.21. The van der Waals surface area contributed by atoms with E-state index >= 15 is 0 Å². The molecular weight excluding hydrogens is 601 g/mol. The minimum atomic E-state index is -0.178. The van der Waals surface area contributed by atoms with Gasteiger partial charge in [0, 0.05) is 41.5 Å². The van der Waals surface area contributed by atoms with Crippen LogP contribution in [0.25, 0.3) is 4.85 Å². The Kier molecular flexibility index (Phi) is 9.75. The molecule has 0 unspecified atom stereocenters. The van der Waals surface area contributed by atoms with E-state index in [-0.39, 0.29) is 26.0 Å². The van der Waals surface area contributed by atoms with E-state index in [2.05, 4.69) is 10.9 Å². The Labute approximate surface area is 212 Å². The first-order chi connectivity index (χ1) is 16.3. The third-order valence-corrected chi connectivity index (χ3v) is 5.08. The molecule has 0 saturated heterocycles. The van der Waals surface area contributed by atoms with Gasteiger partial charge in [0.2, 0.25) is 0 Å². The van der Waals surface area contributed by atoms with Gasteiger partial charge in [0.15, 0.2) is 0 Å². The summed E-state index contributed by atoms with van der Waals surface area (Å²) >= 11 is 0. The zero-order chi connectivity index (χ0) is 23.6. The summed E-state index contributed by atoms with van der Waals surface area (Å²) in [7, 11) is 0. The van der Waals surface area contributed by atoms with E-state index in [1.165, 1.54) is 0 Å². The molecule has 7 heteroatoms. The summed E-state index contributed by atoms with van der Waals surface area (Å²) < 4.78 is 0. The standard InChI is InChI=1S/C25H17N4.2CN.Ir/c1-26-18-7-2-6-17(14-18)25-23-12-4-10-21(28-23)15-19-8-3-9-20(27-19)16-22-11-5-13-24(25)29-22;2*1-2;/h2-5,7-14,25H,15-16H2;;;/q3*-1;+3. The SMILES string of the molecule is [C-]#N.[C-]#N.[C-]#[N+]c1cc[c-]c(C2c3cccc(n3)Cc3cccc(n3)Cc3cccc2n3)c1.[Ir+3]. The Morgan fingerprint density at radius 1 is 0.735 bits per heavy atom. The fourth-order valence-corrected chi connectivity index (χ4v) is 3.79.